The number of aromatic nitrogens is 2. The second kappa shape index (κ2) is 11.2. The zero-order valence-corrected chi connectivity index (χ0v) is 21.3. The van der Waals surface area contributed by atoms with Gasteiger partial charge in [-0.1, -0.05) is 66.4 Å². The molecular formula is C31H21F3N2O2S. The lowest BCUT2D eigenvalue weighted by Gasteiger charge is -2.16. The Hall–Kier alpha value is -4.32. The van der Waals surface area contributed by atoms with Gasteiger partial charge in [0.1, 0.15) is 0 Å². The van der Waals surface area contributed by atoms with Gasteiger partial charge < -0.3 is 4.55 Å². The van der Waals surface area contributed by atoms with Crippen LogP contribution < -0.4 is 0 Å². The molecule has 0 amide bonds. The van der Waals surface area contributed by atoms with E-state index in [1.165, 1.54) is 18.5 Å². The Labute approximate surface area is 225 Å². The molecule has 5 aromatic rings. The van der Waals surface area contributed by atoms with Crippen LogP contribution in [-0.2, 0) is 29.4 Å². The van der Waals surface area contributed by atoms with Gasteiger partial charge in [-0.05, 0) is 58.5 Å². The predicted molar refractivity (Wildman–Crippen MR) is 146 cm³/mol. The molecule has 0 radical (unpaired) electrons. The molecule has 0 aliphatic rings. The molecule has 39 heavy (non-hydrogen) atoms. The fourth-order valence-corrected chi connectivity index (χ4v) is 4.90. The van der Waals surface area contributed by atoms with Crippen LogP contribution in [0.15, 0.2) is 97.5 Å². The summed E-state index contributed by atoms with van der Waals surface area (Å²) in [6.07, 6.45) is 0.561. The number of pyridine rings is 2. The van der Waals surface area contributed by atoms with Crippen molar-refractivity contribution in [1.29, 1.82) is 0 Å². The minimum atomic E-state index is -4.54. The van der Waals surface area contributed by atoms with Crippen molar-refractivity contribution in [2.45, 2.75) is 18.3 Å². The van der Waals surface area contributed by atoms with Gasteiger partial charge in [0.25, 0.3) is 0 Å². The average Bonchev–Trinajstić information content (AvgIpc) is 2.91. The zero-order chi connectivity index (χ0) is 27.4. The molecule has 5 rings (SSSR count). The van der Waals surface area contributed by atoms with Gasteiger partial charge in [0.15, 0.2) is 11.1 Å². The van der Waals surface area contributed by atoms with E-state index in [9.17, 15) is 17.4 Å². The molecule has 8 heteroatoms. The molecule has 2 heterocycles. The van der Waals surface area contributed by atoms with Gasteiger partial charge >= 0.3 is 6.18 Å². The molecule has 0 aliphatic carbocycles. The minimum Gasteiger partial charge on any atom is -0.306 e. The van der Waals surface area contributed by atoms with Crippen molar-refractivity contribution in [3.63, 3.8) is 0 Å². The number of hydrogen-bond donors (Lipinski definition) is 1. The second-order valence-corrected chi connectivity index (χ2v) is 9.83. The summed E-state index contributed by atoms with van der Waals surface area (Å²) in [6, 6.07) is 22.8. The van der Waals surface area contributed by atoms with E-state index in [-0.39, 0.29) is 11.3 Å². The van der Waals surface area contributed by atoms with Gasteiger partial charge in [-0.15, -0.1) is 0 Å². The number of para-hydroxylation sites is 1. The van der Waals surface area contributed by atoms with Crippen LogP contribution in [0.5, 0.6) is 0 Å². The van der Waals surface area contributed by atoms with E-state index in [0.29, 0.717) is 34.1 Å². The third kappa shape index (κ3) is 6.23. The number of hydrogen-bond acceptors (Lipinski definition) is 3. The Bertz CT molecular complexity index is 1740. The highest BCUT2D eigenvalue weighted by molar-refractivity contribution is 7.78. The summed E-state index contributed by atoms with van der Waals surface area (Å²) in [6.45, 7) is 0. The van der Waals surface area contributed by atoms with E-state index >= 15 is 0 Å². The molecular weight excluding hydrogens is 521 g/mol. The molecule has 1 atom stereocenters. The molecule has 2 aromatic heterocycles. The molecule has 0 saturated carbocycles. The van der Waals surface area contributed by atoms with E-state index in [2.05, 4.69) is 21.8 Å². The summed E-state index contributed by atoms with van der Waals surface area (Å²) in [4.78, 5) is 8.34. The first-order chi connectivity index (χ1) is 18.8. The Morgan fingerprint density at radius 2 is 1.59 bits per heavy atom. The van der Waals surface area contributed by atoms with Crippen LogP contribution in [0.1, 0.15) is 33.4 Å². The largest absolute Gasteiger partial charge is 0.418 e. The molecule has 0 fully saturated rings. The maximum atomic E-state index is 13.8. The highest BCUT2D eigenvalue weighted by Crippen LogP contribution is 2.39. The van der Waals surface area contributed by atoms with Crippen molar-refractivity contribution in [3.8, 4) is 23.0 Å². The van der Waals surface area contributed by atoms with Gasteiger partial charge in [0.2, 0.25) is 0 Å². The van der Waals surface area contributed by atoms with Gasteiger partial charge in [-0.2, -0.15) is 13.2 Å². The smallest absolute Gasteiger partial charge is 0.306 e. The van der Waals surface area contributed by atoms with Crippen molar-refractivity contribution in [2.75, 3.05) is 0 Å². The van der Waals surface area contributed by atoms with Crippen LogP contribution in [0.2, 0.25) is 0 Å². The fourth-order valence-electron chi connectivity index (χ4n) is 4.46. The van der Waals surface area contributed by atoms with Crippen molar-refractivity contribution in [2.24, 2.45) is 0 Å². The van der Waals surface area contributed by atoms with Gasteiger partial charge in [-0.25, -0.2) is 4.21 Å². The minimum absolute atomic E-state index is 0.0444. The lowest BCUT2D eigenvalue weighted by Crippen LogP contribution is -2.07. The Kier molecular flexibility index (Phi) is 7.55. The Morgan fingerprint density at radius 3 is 2.36 bits per heavy atom. The first-order valence-corrected chi connectivity index (χ1v) is 13.2. The second-order valence-electron chi connectivity index (χ2n) is 8.90. The van der Waals surface area contributed by atoms with Crippen molar-refractivity contribution in [1.82, 2.24) is 9.97 Å². The van der Waals surface area contributed by atoms with Crippen LogP contribution in [0.25, 0.3) is 22.0 Å². The first-order valence-electron chi connectivity index (χ1n) is 11.9. The summed E-state index contributed by atoms with van der Waals surface area (Å²) in [7, 11) is 0. The van der Waals surface area contributed by atoms with Gasteiger partial charge in [0, 0.05) is 35.1 Å². The summed E-state index contributed by atoms with van der Waals surface area (Å²) < 4.78 is 61.7. The van der Waals surface area contributed by atoms with Crippen molar-refractivity contribution < 1.29 is 21.9 Å². The molecule has 0 saturated heterocycles. The maximum absolute atomic E-state index is 13.8. The van der Waals surface area contributed by atoms with Crippen molar-refractivity contribution in [3.05, 3.63) is 131 Å². The van der Waals surface area contributed by atoms with E-state index in [1.807, 2.05) is 54.6 Å². The number of rotatable bonds is 5. The lowest BCUT2D eigenvalue weighted by molar-refractivity contribution is -0.136. The van der Waals surface area contributed by atoms with Crippen molar-refractivity contribution >= 4 is 22.0 Å². The monoisotopic (exact) mass is 542 g/mol. The normalized spacial score (nSPS) is 12.1. The zero-order valence-electron chi connectivity index (χ0n) is 20.4. The summed E-state index contributed by atoms with van der Waals surface area (Å²) >= 11 is -1.99. The lowest BCUT2D eigenvalue weighted by atomic mass is 9.91. The number of alkyl halides is 3. The van der Waals surface area contributed by atoms with Gasteiger partial charge in [0.05, 0.1) is 16.8 Å². The topological polar surface area (TPSA) is 63.1 Å². The van der Waals surface area contributed by atoms with E-state index < -0.39 is 22.8 Å². The molecule has 0 spiro atoms. The van der Waals surface area contributed by atoms with E-state index in [4.69, 9.17) is 4.55 Å². The molecule has 0 bridgehead atoms. The number of nitrogens with zero attached hydrogens (tertiary/aromatic N) is 2. The van der Waals surface area contributed by atoms with Crippen LogP contribution in [0, 0.1) is 11.8 Å². The van der Waals surface area contributed by atoms with Crippen LogP contribution >= 0.6 is 0 Å². The van der Waals surface area contributed by atoms with Crippen LogP contribution in [-0.4, -0.2) is 18.7 Å². The highest BCUT2D eigenvalue weighted by atomic mass is 32.2. The number of fused-ring (bicyclic) bond motifs is 1. The SMILES string of the molecule is O=S(O)Cc1cncc(C#Cc2cccc(-c3c(Cc4ccccc4)cnc4c(C(F)(F)F)cccc34)c2)c1. The van der Waals surface area contributed by atoms with E-state index in [1.54, 1.807) is 18.3 Å². The third-order valence-electron chi connectivity index (χ3n) is 6.11. The standard InChI is InChI=1S/C31H21F3N2O2S/c32-31(33,34)28-11-5-10-27-29(26(19-36-30(27)28)16-21-6-2-1-3-7-21)25-9-4-8-22(15-25)12-13-23-14-24(18-35-17-23)20-39(37)38/h1-11,14-15,17-19H,16,20H2,(H,37,38). The Morgan fingerprint density at radius 1 is 0.821 bits per heavy atom. The number of halogens is 3. The van der Waals surface area contributed by atoms with Crippen LogP contribution in [0.4, 0.5) is 13.2 Å². The fraction of sp³-hybridized carbons (Fsp3) is 0.0968. The number of benzene rings is 3. The molecule has 194 valence electrons. The molecule has 4 nitrogen and oxygen atoms in total. The maximum Gasteiger partial charge on any atom is 0.418 e. The highest BCUT2D eigenvalue weighted by Gasteiger charge is 2.33. The van der Waals surface area contributed by atoms with E-state index in [0.717, 1.165) is 22.8 Å². The van der Waals surface area contributed by atoms with Crippen LogP contribution in [0.3, 0.4) is 0 Å². The van der Waals surface area contributed by atoms with Gasteiger partial charge in [-0.3, -0.25) is 9.97 Å². The Balaban J connectivity index is 1.62. The quantitative estimate of drug-likeness (QED) is 0.191. The molecule has 1 unspecified atom stereocenters. The summed E-state index contributed by atoms with van der Waals surface area (Å²) in [5.41, 5.74) is 4.16. The molecule has 1 N–H and O–H groups in total. The molecule has 0 aliphatic heterocycles. The first kappa shape index (κ1) is 26.3. The third-order valence-corrected chi connectivity index (χ3v) is 6.69. The summed E-state index contributed by atoms with van der Waals surface area (Å²) in [5, 5.41) is 0.414. The predicted octanol–water partition coefficient (Wildman–Crippen LogP) is 7.03. The summed E-state index contributed by atoms with van der Waals surface area (Å²) in [5.74, 6) is 6.06. The average molecular weight is 543 g/mol. The molecule has 3 aromatic carbocycles.